The van der Waals surface area contributed by atoms with Gasteiger partial charge in [-0.25, -0.2) is 0 Å². The van der Waals surface area contributed by atoms with Crippen LogP contribution in [0.25, 0.3) is 0 Å². The molecule has 1 aliphatic heterocycles. The summed E-state index contributed by atoms with van der Waals surface area (Å²) in [5, 5.41) is 0. The highest BCUT2D eigenvalue weighted by molar-refractivity contribution is 5.73. The molecule has 0 unspecified atom stereocenters. The van der Waals surface area contributed by atoms with E-state index in [1.807, 2.05) is 12.2 Å². The lowest BCUT2D eigenvalue weighted by Gasteiger charge is -2.24. The Hall–Kier alpha value is -1.58. The van der Waals surface area contributed by atoms with E-state index in [9.17, 15) is 9.59 Å². The maximum Gasteiger partial charge on any atom is 0.310 e. The van der Waals surface area contributed by atoms with Gasteiger partial charge in [-0.2, -0.15) is 0 Å². The number of allylic oxidation sites excluding steroid dienone is 1. The minimum Gasteiger partial charge on any atom is -0.454 e. The van der Waals surface area contributed by atoms with E-state index < -0.39 is 12.2 Å². The first-order chi connectivity index (χ1) is 10.6. The Balaban J connectivity index is 2.36. The molecule has 4 heteroatoms. The summed E-state index contributed by atoms with van der Waals surface area (Å²) in [7, 11) is 0. The topological polar surface area (TPSA) is 52.6 Å². The summed E-state index contributed by atoms with van der Waals surface area (Å²) in [6, 6.07) is 0. The monoisotopic (exact) mass is 308 g/mol. The van der Waals surface area contributed by atoms with Crippen molar-refractivity contribution in [1.82, 2.24) is 0 Å². The van der Waals surface area contributed by atoms with Gasteiger partial charge in [-0.15, -0.1) is 0 Å². The number of carbonyl (C=O) groups excluding carboxylic acids is 2. The van der Waals surface area contributed by atoms with Crippen molar-refractivity contribution >= 4 is 11.9 Å². The van der Waals surface area contributed by atoms with Gasteiger partial charge in [0.05, 0.1) is 6.42 Å². The molecule has 0 aromatic rings. The normalized spacial score (nSPS) is 19.2. The fraction of sp³-hybridized carbons (Fsp3) is 0.667. The van der Waals surface area contributed by atoms with Crippen LogP contribution in [0.2, 0.25) is 0 Å². The summed E-state index contributed by atoms with van der Waals surface area (Å²) < 4.78 is 10.5. The minimum absolute atomic E-state index is 0.283. The molecular weight excluding hydrogens is 280 g/mol. The summed E-state index contributed by atoms with van der Waals surface area (Å²) >= 11 is 0. The van der Waals surface area contributed by atoms with E-state index in [4.69, 9.17) is 9.47 Å². The van der Waals surface area contributed by atoms with Gasteiger partial charge in [0.1, 0.15) is 0 Å². The predicted molar refractivity (Wildman–Crippen MR) is 86.3 cm³/mol. The lowest BCUT2D eigenvalue weighted by molar-refractivity contribution is -0.160. The maximum atomic E-state index is 11.3. The smallest absolute Gasteiger partial charge is 0.310 e. The molecule has 0 fully saturated rings. The number of unbranched alkanes of at least 4 members (excludes halogenated alkanes) is 6. The third kappa shape index (κ3) is 8.01. The summed E-state index contributed by atoms with van der Waals surface area (Å²) in [6.45, 7) is 3.58. The Morgan fingerprint density at radius 3 is 2.77 bits per heavy atom. The van der Waals surface area contributed by atoms with Crippen LogP contribution in [0.1, 0.15) is 65.2 Å². The lowest BCUT2D eigenvalue weighted by Crippen LogP contribution is -2.33. The molecule has 0 N–H and O–H groups in total. The van der Waals surface area contributed by atoms with Crippen LogP contribution in [-0.2, 0) is 19.1 Å². The zero-order chi connectivity index (χ0) is 16.2. The molecule has 1 heterocycles. The van der Waals surface area contributed by atoms with E-state index in [1.165, 1.54) is 39.0 Å². The minimum atomic E-state index is -0.530. The van der Waals surface area contributed by atoms with Crippen LogP contribution in [0, 0.1) is 0 Å². The van der Waals surface area contributed by atoms with Gasteiger partial charge in [-0.3, -0.25) is 9.59 Å². The van der Waals surface area contributed by atoms with Gasteiger partial charge >= 0.3 is 11.9 Å². The van der Waals surface area contributed by atoms with Gasteiger partial charge in [0.25, 0.3) is 0 Å². The zero-order valence-electron chi connectivity index (χ0n) is 13.8. The molecule has 0 bridgehead atoms. The standard InChI is InChI=1S/C18H28O4/c1-3-4-5-6-7-8-9-10-12-16(21-15(2)19)17-13-11-14-18(20)22-17/h10-13,16-17H,3-9,14H2,1-2H3/b12-10+/t16-,17+/m0/s1. The van der Waals surface area contributed by atoms with Crippen LogP contribution in [-0.4, -0.2) is 24.1 Å². The predicted octanol–water partition coefficient (Wildman–Crippen LogP) is 4.10. The van der Waals surface area contributed by atoms with Crippen molar-refractivity contribution < 1.29 is 19.1 Å². The summed E-state index contributed by atoms with van der Waals surface area (Å²) in [6.07, 6.45) is 15.1. The highest BCUT2D eigenvalue weighted by Crippen LogP contribution is 2.15. The molecule has 22 heavy (non-hydrogen) atoms. The van der Waals surface area contributed by atoms with Crippen molar-refractivity contribution in [3.63, 3.8) is 0 Å². The first-order valence-corrected chi connectivity index (χ1v) is 8.33. The van der Waals surface area contributed by atoms with Crippen LogP contribution in [0.5, 0.6) is 0 Å². The molecule has 0 aliphatic carbocycles. The molecule has 0 spiro atoms. The number of carbonyl (C=O) groups is 2. The highest BCUT2D eigenvalue weighted by Gasteiger charge is 2.25. The second-order valence-electron chi connectivity index (χ2n) is 5.65. The van der Waals surface area contributed by atoms with Crippen molar-refractivity contribution in [2.45, 2.75) is 77.4 Å². The second kappa shape index (κ2) is 11.0. The SMILES string of the molecule is CCCCCCCC/C=C/[C@H](OC(C)=O)[C@H]1C=CCC(=O)O1. The van der Waals surface area contributed by atoms with E-state index in [0.717, 1.165) is 12.8 Å². The second-order valence-corrected chi connectivity index (χ2v) is 5.65. The molecule has 0 radical (unpaired) electrons. The van der Waals surface area contributed by atoms with E-state index in [2.05, 4.69) is 6.92 Å². The molecule has 2 atom stereocenters. The summed E-state index contributed by atoms with van der Waals surface area (Å²) in [5.74, 6) is -0.654. The Bertz CT molecular complexity index is 398. The molecule has 1 rings (SSSR count). The third-order valence-electron chi connectivity index (χ3n) is 3.55. The maximum absolute atomic E-state index is 11.3. The Morgan fingerprint density at radius 1 is 1.36 bits per heavy atom. The van der Waals surface area contributed by atoms with E-state index in [0.29, 0.717) is 0 Å². The van der Waals surface area contributed by atoms with Crippen LogP contribution < -0.4 is 0 Å². The molecule has 124 valence electrons. The summed E-state index contributed by atoms with van der Waals surface area (Å²) in [5.41, 5.74) is 0. The number of ether oxygens (including phenoxy) is 2. The molecule has 0 aromatic heterocycles. The van der Waals surface area contributed by atoms with Crippen LogP contribution >= 0.6 is 0 Å². The van der Waals surface area contributed by atoms with E-state index in [1.54, 1.807) is 12.2 Å². The van der Waals surface area contributed by atoms with Crippen molar-refractivity contribution in [2.24, 2.45) is 0 Å². The largest absolute Gasteiger partial charge is 0.454 e. The third-order valence-corrected chi connectivity index (χ3v) is 3.55. The fourth-order valence-corrected chi connectivity index (χ4v) is 2.39. The number of hydrogen-bond donors (Lipinski definition) is 0. The molecule has 0 aromatic carbocycles. The average Bonchev–Trinajstić information content (AvgIpc) is 2.48. The zero-order valence-corrected chi connectivity index (χ0v) is 13.8. The van der Waals surface area contributed by atoms with Crippen LogP contribution in [0.15, 0.2) is 24.3 Å². The Kier molecular flexibility index (Phi) is 9.28. The number of rotatable bonds is 10. The molecule has 1 aliphatic rings. The molecule has 4 nitrogen and oxygen atoms in total. The van der Waals surface area contributed by atoms with Gasteiger partial charge in [-0.05, 0) is 25.0 Å². The first kappa shape index (κ1) is 18.5. The number of cyclic esters (lactones) is 1. The van der Waals surface area contributed by atoms with Gasteiger partial charge in [-0.1, -0.05) is 51.2 Å². The molecule has 0 saturated carbocycles. The van der Waals surface area contributed by atoms with Crippen molar-refractivity contribution in [3.8, 4) is 0 Å². The average molecular weight is 308 g/mol. The lowest BCUT2D eigenvalue weighted by atomic mass is 10.1. The van der Waals surface area contributed by atoms with Crippen molar-refractivity contribution in [1.29, 1.82) is 0 Å². The van der Waals surface area contributed by atoms with Crippen LogP contribution in [0.3, 0.4) is 0 Å². The number of esters is 2. The van der Waals surface area contributed by atoms with Gasteiger partial charge < -0.3 is 9.47 Å². The Labute approximate surface area is 133 Å². The fourth-order valence-electron chi connectivity index (χ4n) is 2.39. The van der Waals surface area contributed by atoms with E-state index >= 15 is 0 Å². The molecule has 0 saturated heterocycles. The summed E-state index contributed by atoms with van der Waals surface area (Å²) in [4.78, 5) is 22.5. The van der Waals surface area contributed by atoms with Crippen molar-refractivity contribution in [3.05, 3.63) is 24.3 Å². The van der Waals surface area contributed by atoms with Crippen LogP contribution in [0.4, 0.5) is 0 Å². The van der Waals surface area contributed by atoms with Gasteiger partial charge in [0.2, 0.25) is 0 Å². The number of hydrogen-bond acceptors (Lipinski definition) is 4. The Morgan fingerprint density at radius 2 is 2.09 bits per heavy atom. The van der Waals surface area contributed by atoms with Crippen molar-refractivity contribution in [2.75, 3.05) is 0 Å². The first-order valence-electron chi connectivity index (χ1n) is 8.33. The van der Waals surface area contributed by atoms with Gasteiger partial charge in [0.15, 0.2) is 12.2 Å². The molecular formula is C18H28O4. The van der Waals surface area contributed by atoms with E-state index in [-0.39, 0.29) is 18.4 Å². The molecule has 0 amide bonds. The highest BCUT2D eigenvalue weighted by atomic mass is 16.6. The van der Waals surface area contributed by atoms with Gasteiger partial charge in [0, 0.05) is 6.92 Å². The quantitative estimate of drug-likeness (QED) is 0.346.